The quantitative estimate of drug-likeness (QED) is 0.794. The van der Waals surface area contributed by atoms with Crippen molar-refractivity contribution in [3.05, 3.63) is 29.8 Å². The van der Waals surface area contributed by atoms with Crippen LogP contribution >= 0.6 is 0 Å². The van der Waals surface area contributed by atoms with Crippen molar-refractivity contribution in [3.63, 3.8) is 0 Å². The maximum absolute atomic E-state index is 11.2. The van der Waals surface area contributed by atoms with Gasteiger partial charge in [-0.1, -0.05) is 19.1 Å². The number of rotatable bonds is 8. The molecule has 0 saturated carbocycles. The van der Waals surface area contributed by atoms with Crippen LogP contribution in [0.1, 0.15) is 25.3 Å². The van der Waals surface area contributed by atoms with Crippen LogP contribution in [0.5, 0.6) is 5.75 Å². The number of likely N-dealkylation sites (N-methyl/N-ethyl adjacent to an activating group) is 2. The van der Waals surface area contributed by atoms with Gasteiger partial charge < -0.3 is 19.7 Å². The van der Waals surface area contributed by atoms with Crippen LogP contribution in [0.25, 0.3) is 0 Å². The van der Waals surface area contributed by atoms with E-state index in [-0.39, 0.29) is 12.5 Å². The zero-order valence-corrected chi connectivity index (χ0v) is 14.4. The molecule has 23 heavy (non-hydrogen) atoms. The first-order valence-corrected chi connectivity index (χ1v) is 8.37. The number of hydrogen-bond donors (Lipinski definition) is 1. The zero-order valence-electron chi connectivity index (χ0n) is 14.4. The average Bonchev–Trinajstić information content (AvgIpc) is 3.00. The second-order valence-electron chi connectivity index (χ2n) is 6.12. The van der Waals surface area contributed by atoms with Gasteiger partial charge in [-0.3, -0.25) is 4.79 Å². The normalized spacial score (nSPS) is 20.7. The summed E-state index contributed by atoms with van der Waals surface area (Å²) >= 11 is 0. The average molecular weight is 320 g/mol. The lowest BCUT2D eigenvalue weighted by atomic mass is 10.1. The van der Waals surface area contributed by atoms with Crippen LogP contribution in [-0.4, -0.2) is 56.8 Å². The molecule has 0 aliphatic carbocycles. The number of benzene rings is 1. The van der Waals surface area contributed by atoms with Crippen molar-refractivity contribution < 1.29 is 14.3 Å². The van der Waals surface area contributed by atoms with Gasteiger partial charge in [0.25, 0.3) is 5.91 Å². The van der Waals surface area contributed by atoms with Crippen molar-refractivity contribution in [2.24, 2.45) is 0 Å². The summed E-state index contributed by atoms with van der Waals surface area (Å²) < 4.78 is 11.5. The van der Waals surface area contributed by atoms with Crippen molar-refractivity contribution in [1.29, 1.82) is 0 Å². The Morgan fingerprint density at radius 3 is 2.65 bits per heavy atom. The van der Waals surface area contributed by atoms with Crippen LogP contribution in [0.15, 0.2) is 24.3 Å². The molecule has 0 aromatic heterocycles. The molecule has 1 aromatic carbocycles. The molecule has 1 amide bonds. The zero-order chi connectivity index (χ0) is 16.7. The van der Waals surface area contributed by atoms with E-state index in [1.54, 1.807) is 7.05 Å². The second kappa shape index (κ2) is 8.89. The summed E-state index contributed by atoms with van der Waals surface area (Å²) in [7, 11) is 3.73. The summed E-state index contributed by atoms with van der Waals surface area (Å²) in [5, 5.41) is 2.53. The molecule has 5 heteroatoms. The van der Waals surface area contributed by atoms with E-state index in [0.717, 1.165) is 32.4 Å². The summed E-state index contributed by atoms with van der Waals surface area (Å²) in [6, 6.07) is 7.92. The lowest BCUT2D eigenvalue weighted by Gasteiger charge is -2.20. The summed E-state index contributed by atoms with van der Waals surface area (Å²) in [6.45, 7) is 4.29. The minimum atomic E-state index is -0.128. The Hall–Kier alpha value is -1.59. The Bertz CT molecular complexity index is 490. The molecular weight excluding hydrogens is 292 g/mol. The number of nitrogens with one attached hydrogen (secondary N) is 1. The number of hydrogen-bond acceptors (Lipinski definition) is 4. The van der Waals surface area contributed by atoms with Gasteiger partial charge in [0.15, 0.2) is 6.61 Å². The minimum absolute atomic E-state index is 0.0498. The minimum Gasteiger partial charge on any atom is -0.484 e. The first-order chi connectivity index (χ1) is 11.1. The Morgan fingerprint density at radius 2 is 2.00 bits per heavy atom. The fourth-order valence-corrected chi connectivity index (χ4v) is 2.75. The van der Waals surface area contributed by atoms with Crippen LogP contribution in [-0.2, 0) is 16.0 Å². The largest absolute Gasteiger partial charge is 0.484 e. The lowest BCUT2D eigenvalue weighted by molar-refractivity contribution is -0.122. The molecule has 0 radical (unpaired) electrons. The van der Waals surface area contributed by atoms with Crippen LogP contribution < -0.4 is 10.1 Å². The summed E-state index contributed by atoms with van der Waals surface area (Å²) in [5.41, 5.74) is 1.24. The van der Waals surface area contributed by atoms with E-state index < -0.39 is 0 Å². The van der Waals surface area contributed by atoms with E-state index in [1.807, 2.05) is 24.3 Å². The van der Waals surface area contributed by atoms with E-state index in [0.29, 0.717) is 18.0 Å². The van der Waals surface area contributed by atoms with Gasteiger partial charge in [0.05, 0.1) is 12.2 Å². The summed E-state index contributed by atoms with van der Waals surface area (Å²) in [6.07, 6.45) is 3.87. The number of amides is 1. The number of carbonyl (C=O) groups excluding carboxylic acids is 1. The van der Waals surface area contributed by atoms with Crippen molar-refractivity contribution in [2.75, 3.05) is 33.8 Å². The molecule has 5 nitrogen and oxygen atoms in total. The molecule has 0 spiro atoms. The van der Waals surface area contributed by atoms with E-state index in [2.05, 4.69) is 24.2 Å². The van der Waals surface area contributed by atoms with Gasteiger partial charge in [-0.05, 0) is 50.6 Å². The van der Waals surface area contributed by atoms with Gasteiger partial charge >= 0.3 is 0 Å². The predicted molar refractivity (Wildman–Crippen MR) is 90.8 cm³/mol. The smallest absolute Gasteiger partial charge is 0.257 e. The molecule has 1 aliphatic heterocycles. The molecule has 0 unspecified atom stereocenters. The Morgan fingerprint density at radius 1 is 1.30 bits per heavy atom. The van der Waals surface area contributed by atoms with E-state index in [4.69, 9.17) is 9.47 Å². The fourth-order valence-electron chi connectivity index (χ4n) is 2.75. The highest BCUT2D eigenvalue weighted by Crippen LogP contribution is 2.24. The van der Waals surface area contributed by atoms with Crippen molar-refractivity contribution in [3.8, 4) is 5.75 Å². The topological polar surface area (TPSA) is 50.8 Å². The molecule has 1 N–H and O–H groups in total. The maximum Gasteiger partial charge on any atom is 0.257 e. The van der Waals surface area contributed by atoms with Gasteiger partial charge in [-0.25, -0.2) is 0 Å². The number of carbonyl (C=O) groups is 1. The summed E-state index contributed by atoms with van der Waals surface area (Å²) in [5.74, 6) is 0.587. The molecule has 2 rings (SSSR count). The van der Waals surface area contributed by atoms with Crippen molar-refractivity contribution in [1.82, 2.24) is 10.2 Å². The number of ether oxygens (including phenoxy) is 2. The Balaban J connectivity index is 1.77. The summed E-state index contributed by atoms with van der Waals surface area (Å²) in [4.78, 5) is 13.5. The van der Waals surface area contributed by atoms with E-state index >= 15 is 0 Å². The lowest BCUT2D eigenvalue weighted by Crippen LogP contribution is -2.29. The molecule has 128 valence electrons. The maximum atomic E-state index is 11.2. The molecular formula is C18H28N2O3. The molecule has 1 heterocycles. The van der Waals surface area contributed by atoms with Gasteiger partial charge in [0.2, 0.25) is 0 Å². The standard InChI is InChI=1S/C18H28N2O3/c1-4-20(3)12-17-10-9-16(23-17)11-14-5-7-15(8-6-14)22-13-18(21)19-2/h5-8,16-17H,4,9-13H2,1-3H3,(H,19,21)/t16-,17+/m0/s1. The highest BCUT2D eigenvalue weighted by atomic mass is 16.5. The van der Waals surface area contributed by atoms with Crippen LogP contribution in [0.2, 0.25) is 0 Å². The van der Waals surface area contributed by atoms with Gasteiger partial charge in [0, 0.05) is 13.6 Å². The first-order valence-electron chi connectivity index (χ1n) is 8.37. The Kier molecular flexibility index (Phi) is 6.86. The van der Waals surface area contributed by atoms with Crippen molar-refractivity contribution >= 4 is 5.91 Å². The van der Waals surface area contributed by atoms with Crippen LogP contribution in [0, 0.1) is 0 Å². The Labute approximate surface area is 139 Å². The van der Waals surface area contributed by atoms with E-state index in [1.165, 1.54) is 5.56 Å². The third kappa shape index (κ3) is 5.84. The molecule has 1 aliphatic rings. The fraction of sp³-hybridized carbons (Fsp3) is 0.611. The number of nitrogens with zero attached hydrogens (tertiary/aromatic N) is 1. The van der Waals surface area contributed by atoms with Gasteiger partial charge in [-0.2, -0.15) is 0 Å². The highest BCUT2D eigenvalue weighted by molar-refractivity contribution is 5.77. The molecule has 1 aromatic rings. The van der Waals surface area contributed by atoms with Crippen LogP contribution in [0.3, 0.4) is 0 Å². The van der Waals surface area contributed by atoms with Gasteiger partial charge in [0.1, 0.15) is 5.75 Å². The SMILES string of the molecule is CCN(C)C[C@H]1CC[C@@H](Cc2ccc(OCC(=O)NC)cc2)O1. The van der Waals surface area contributed by atoms with Gasteiger partial charge in [-0.15, -0.1) is 0 Å². The van der Waals surface area contributed by atoms with E-state index in [9.17, 15) is 4.79 Å². The molecule has 0 bridgehead atoms. The third-order valence-electron chi connectivity index (χ3n) is 4.29. The molecule has 1 fully saturated rings. The molecule has 2 atom stereocenters. The predicted octanol–water partition coefficient (Wildman–Crippen LogP) is 1.85. The monoisotopic (exact) mass is 320 g/mol. The second-order valence-corrected chi connectivity index (χ2v) is 6.12. The first kappa shape index (κ1) is 17.8. The van der Waals surface area contributed by atoms with Crippen LogP contribution in [0.4, 0.5) is 0 Å². The van der Waals surface area contributed by atoms with Crippen molar-refractivity contribution in [2.45, 2.75) is 38.4 Å². The molecule has 1 saturated heterocycles. The third-order valence-corrected chi connectivity index (χ3v) is 4.29. The highest BCUT2D eigenvalue weighted by Gasteiger charge is 2.25.